The monoisotopic (exact) mass is 402 g/mol. The van der Waals surface area contributed by atoms with E-state index >= 15 is 0 Å². The molecule has 2 rings (SSSR count). The first-order chi connectivity index (χ1) is 13.4. The third kappa shape index (κ3) is 5.21. The van der Waals surface area contributed by atoms with Gasteiger partial charge in [0.25, 0.3) is 0 Å². The van der Waals surface area contributed by atoms with Crippen LogP contribution in [0.3, 0.4) is 0 Å². The summed E-state index contributed by atoms with van der Waals surface area (Å²) in [6.45, 7) is 7.88. The van der Waals surface area contributed by atoms with Gasteiger partial charge >= 0.3 is 0 Å². The Labute approximate surface area is 168 Å². The van der Waals surface area contributed by atoms with Gasteiger partial charge in [-0.3, -0.25) is 0 Å². The van der Waals surface area contributed by atoms with E-state index in [9.17, 15) is 9.67 Å². The van der Waals surface area contributed by atoms with Crippen LogP contribution >= 0.6 is 7.14 Å². The molecular formula is C23H31O4P. The van der Waals surface area contributed by atoms with E-state index in [2.05, 4.69) is 6.58 Å². The predicted molar refractivity (Wildman–Crippen MR) is 116 cm³/mol. The molecule has 0 fully saturated rings. The molecule has 152 valence electrons. The number of hydrogen-bond donors (Lipinski definition) is 1. The van der Waals surface area contributed by atoms with Crippen molar-refractivity contribution in [3.8, 4) is 0 Å². The minimum absolute atomic E-state index is 0.162. The topological polar surface area (TPSA) is 55.8 Å². The highest BCUT2D eigenvalue weighted by Gasteiger charge is 2.42. The summed E-state index contributed by atoms with van der Waals surface area (Å²) in [5.74, 6) is 0. The molecule has 0 aliphatic rings. The van der Waals surface area contributed by atoms with E-state index in [0.29, 0.717) is 12.0 Å². The molecule has 2 aromatic rings. The van der Waals surface area contributed by atoms with Crippen LogP contribution in [-0.4, -0.2) is 36.9 Å². The van der Waals surface area contributed by atoms with Gasteiger partial charge in [-0.2, -0.15) is 0 Å². The maximum atomic E-state index is 14.7. The number of aliphatic hydroxyl groups is 1. The molecule has 0 unspecified atom stereocenters. The lowest BCUT2D eigenvalue weighted by Gasteiger charge is -2.34. The van der Waals surface area contributed by atoms with Gasteiger partial charge in [-0.1, -0.05) is 79.7 Å². The molecule has 28 heavy (non-hydrogen) atoms. The van der Waals surface area contributed by atoms with Gasteiger partial charge in [0.15, 0.2) is 0 Å². The number of aliphatic hydroxyl groups excluding tert-OH is 1. The van der Waals surface area contributed by atoms with Crippen LogP contribution in [0.4, 0.5) is 0 Å². The van der Waals surface area contributed by atoms with Crippen LogP contribution in [0, 0.1) is 0 Å². The fourth-order valence-corrected chi connectivity index (χ4v) is 6.90. The van der Waals surface area contributed by atoms with Crippen LogP contribution in [-0.2, 0) is 14.0 Å². The van der Waals surface area contributed by atoms with Crippen LogP contribution in [0.2, 0.25) is 0 Å². The van der Waals surface area contributed by atoms with Crippen molar-refractivity contribution in [2.24, 2.45) is 0 Å². The first-order valence-corrected chi connectivity index (χ1v) is 11.4. The minimum Gasteiger partial charge on any atom is -0.388 e. The Hall–Kier alpha value is -1.71. The third-order valence-electron chi connectivity index (χ3n) is 5.00. The van der Waals surface area contributed by atoms with Crippen LogP contribution in [0.1, 0.15) is 26.7 Å². The Kier molecular flexibility index (Phi) is 8.65. The van der Waals surface area contributed by atoms with Gasteiger partial charge in [-0.15, -0.1) is 0 Å². The predicted octanol–water partition coefficient (Wildman–Crippen LogP) is 4.10. The fraction of sp³-hybridized carbons (Fsp3) is 0.391. The summed E-state index contributed by atoms with van der Waals surface area (Å²) in [5, 5.41) is 12.5. The Bertz CT molecular complexity index is 732. The smallest absolute Gasteiger partial charge is 0.149 e. The summed E-state index contributed by atoms with van der Waals surface area (Å²) in [5.41, 5.74) is 0.0512. The van der Waals surface area contributed by atoms with Crippen LogP contribution in [0.15, 0.2) is 72.8 Å². The molecule has 0 spiro atoms. The summed E-state index contributed by atoms with van der Waals surface area (Å²) in [4.78, 5) is 0. The maximum absolute atomic E-state index is 14.7. The molecule has 0 aromatic heterocycles. The number of hydrogen-bond acceptors (Lipinski definition) is 4. The highest BCUT2D eigenvalue weighted by molar-refractivity contribution is 7.79. The second-order valence-electron chi connectivity index (χ2n) is 7.03. The van der Waals surface area contributed by atoms with Gasteiger partial charge in [0.05, 0.1) is 17.9 Å². The molecule has 0 aliphatic heterocycles. The van der Waals surface area contributed by atoms with Gasteiger partial charge in [-0.05, 0) is 19.8 Å². The van der Waals surface area contributed by atoms with E-state index in [1.807, 2.05) is 67.6 Å². The highest BCUT2D eigenvalue weighted by atomic mass is 31.2. The summed E-state index contributed by atoms with van der Waals surface area (Å²) in [6.07, 6.45) is 0.0764. The van der Waals surface area contributed by atoms with Crippen molar-refractivity contribution >= 4 is 17.8 Å². The van der Waals surface area contributed by atoms with E-state index in [0.717, 1.165) is 17.0 Å². The largest absolute Gasteiger partial charge is 0.388 e. The lowest BCUT2D eigenvalue weighted by atomic mass is 10.0. The Morgan fingerprint density at radius 2 is 1.57 bits per heavy atom. The van der Waals surface area contributed by atoms with Crippen LogP contribution in [0.25, 0.3) is 0 Å². The van der Waals surface area contributed by atoms with E-state index in [1.54, 1.807) is 14.0 Å². The first-order valence-electron chi connectivity index (χ1n) is 9.60. The molecule has 0 heterocycles. The van der Waals surface area contributed by atoms with Crippen molar-refractivity contribution in [1.82, 2.24) is 0 Å². The summed E-state index contributed by atoms with van der Waals surface area (Å²) in [7, 11) is -1.60. The standard InChI is InChI=1S/C23H31O4P/c1-5-19(27-17-26-4)16-22(23(24)18(2)3)28(25,20-12-8-6-9-13-20)21-14-10-7-11-15-21/h6-15,19,22-24H,2,5,16-17H2,1,3-4H3/t19-,22+,23+/m1/s1. The average Bonchev–Trinajstić information content (AvgIpc) is 2.74. The molecule has 3 atom stereocenters. The SMILES string of the molecule is C=C(C)[C@H](O)[C@H](C[C@@H](CC)OCOC)P(=O)(c1ccccc1)c1ccccc1. The van der Waals surface area contributed by atoms with E-state index < -0.39 is 18.9 Å². The van der Waals surface area contributed by atoms with Crippen LogP contribution < -0.4 is 10.6 Å². The number of benzene rings is 2. The lowest BCUT2D eigenvalue weighted by Crippen LogP contribution is -2.38. The molecule has 0 bridgehead atoms. The first kappa shape index (κ1) is 22.6. The lowest BCUT2D eigenvalue weighted by molar-refractivity contribution is -0.0768. The third-order valence-corrected chi connectivity index (χ3v) is 8.56. The quantitative estimate of drug-likeness (QED) is 0.349. The van der Waals surface area contributed by atoms with Crippen molar-refractivity contribution in [3.05, 3.63) is 72.8 Å². The van der Waals surface area contributed by atoms with Gasteiger partial charge < -0.3 is 19.1 Å². The second kappa shape index (κ2) is 10.7. The van der Waals surface area contributed by atoms with Gasteiger partial charge in [0.2, 0.25) is 0 Å². The van der Waals surface area contributed by atoms with Gasteiger partial charge in [0.1, 0.15) is 13.9 Å². The second-order valence-corrected chi connectivity index (χ2v) is 10.0. The molecule has 2 aromatic carbocycles. The summed E-state index contributed by atoms with van der Waals surface area (Å²) in [6, 6.07) is 18.8. The molecule has 0 aliphatic carbocycles. The zero-order valence-corrected chi connectivity index (χ0v) is 17.8. The van der Waals surface area contributed by atoms with E-state index in [4.69, 9.17) is 9.47 Å². The van der Waals surface area contributed by atoms with E-state index in [1.165, 1.54) is 0 Å². The van der Waals surface area contributed by atoms with Crippen molar-refractivity contribution in [1.29, 1.82) is 0 Å². The van der Waals surface area contributed by atoms with Gasteiger partial charge in [-0.25, -0.2) is 0 Å². The number of ether oxygens (including phenoxy) is 2. The fourth-order valence-electron chi connectivity index (χ4n) is 3.42. The van der Waals surface area contributed by atoms with Gasteiger partial charge in [0, 0.05) is 17.7 Å². The van der Waals surface area contributed by atoms with Crippen molar-refractivity contribution in [2.45, 2.75) is 44.6 Å². The number of methoxy groups -OCH3 is 1. The van der Waals surface area contributed by atoms with Crippen molar-refractivity contribution < 1.29 is 19.1 Å². The molecule has 0 radical (unpaired) electrons. The number of rotatable bonds is 11. The molecule has 5 heteroatoms. The minimum atomic E-state index is -3.18. The summed E-state index contributed by atoms with van der Waals surface area (Å²) >= 11 is 0. The molecule has 0 amide bonds. The normalized spacial score (nSPS) is 15.0. The average molecular weight is 402 g/mol. The Morgan fingerprint density at radius 1 is 1.07 bits per heavy atom. The zero-order valence-electron chi connectivity index (χ0n) is 17.0. The van der Waals surface area contributed by atoms with Crippen molar-refractivity contribution in [3.63, 3.8) is 0 Å². The summed E-state index contributed by atoms with van der Waals surface area (Å²) < 4.78 is 25.5. The Balaban J connectivity index is 2.58. The molecule has 1 N–H and O–H groups in total. The molecular weight excluding hydrogens is 371 g/mol. The maximum Gasteiger partial charge on any atom is 0.149 e. The van der Waals surface area contributed by atoms with Crippen LogP contribution in [0.5, 0.6) is 0 Å². The Morgan fingerprint density at radius 3 is 1.96 bits per heavy atom. The molecule has 0 saturated carbocycles. The highest BCUT2D eigenvalue weighted by Crippen LogP contribution is 2.52. The molecule has 0 saturated heterocycles. The molecule has 4 nitrogen and oxygen atoms in total. The van der Waals surface area contributed by atoms with Crippen molar-refractivity contribution in [2.75, 3.05) is 13.9 Å². The zero-order chi connectivity index (χ0) is 20.6. The van der Waals surface area contributed by atoms with E-state index in [-0.39, 0.29) is 12.9 Å².